The van der Waals surface area contributed by atoms with E-state index in [-0.39, 0.29) is 5.91 Å². The molecule has 29 heavy (non-hydrogen) atoms. The quantitative estimate of drug-likeness (QED) is 0.564. The molecule has 1 unspecified atom stereocenters. The molecule has 0 spiro atoms. The van der Waals surface area contributed by atoms with Gasteiger partial charge in [-0.3, -0.25) is 9.69 Å². The van der Waals surface area contributed by atoms with Crippen molar-refractivity contribution in [1.82, 2.24) is 4.90 Å². The Morgan fingerprint density at radius 1 is 1.07 bits per heavy atom. The fourth-order valence-electron chi connectivity index (χ4n) is 3.65. The van der Waals surface area contributed by atoms with E-state index in [4.69, 9.17) is 4.42 Å². The highest BCUT2D eigenvalue weighted by Crippen LogP contribution is 2.37. The molecule has 0 saturated carbocycles. The number of carbonyl (C=O) groups excluding carboxylic acids is 1. The minimum absolute atomic E-state index is 0.134. The predicted molar refractivity (Wildman–Crippen MR) is 118 cm³/mol. The van der Waals surface area contributed by atoms with Crippen molar-refractivity contribution < 1.29 is 9.21 Å². The number of furan rings is 1. The second-order valence-corrected chi connectivity index (χ2v) is 8.92. The molecule has 0 N–H and O–H groups in total. The summed E-state index contributed by atoms with van der Waals surface area (Å²) in [5, 5.41) is 0.498. The minimum Gasteiger partial charge on any atom is -0.468 e. The molecule has 1 aliphatic heterocycles. The summed E-state index contributed by atoms with van der Waals surface area (Å²) in [6.07, 6.45) is 2.67. The van der Waals surface area contributed by atoms with E-state index in [0.29, 0.717) is 24.9 Å². The number of nitrogens with zero attached hydrogens (tertiary/aromatic N) is 2. The monoisotopic (exact) mass is 406 g/mol. The first kappa shape index (κ1) is 19.8. The molecular weight excluding hydrogens is 380 g/mol. The van der Waals surface area contributed by atoms with E-state index >= 15 is 0 Å². The summed E-state index contributed by atoms with van der Waals surface area (Å²) in [6.45, 7) is 4.64. The number of para-hydroxylation sites is 1. The van der Waals surface area contributed by atoms with Crippen LogP contribution in [0.3, 0.4) is 0 Å². The summed E-state index contributed by atoms with van der Waals surface area (Å²) in [5.41, 5.74) is 2.22. The number of hydrogen-bond acceptors (Lipinski definition) is 4. The molecule has 1 amide bonds. The number of fused-ring (bicyclic) bond motifs is 1. The van der Waals surface area contributed by atoms with Crippen LogP contribution in [0.1, 0.15) is 24.7 Å². The van der Waals surface area contributed by atoms with Crippen molar-refractivity contribution in [3.8, 4) is 0 Å². The third-order valence-corrected chi connectivity index (χ3v) is 6.35. The maximum Gasteiger partial charge on any atom is 0.241 e. The highest BCUT2D eigenvalue weighted by atomic mass is 32.2. The van der Waals surface area contributed by atoms with E-state index in [1.807, 2.05) is 59.1 Å². The molecule has 4 nitrogen and oxygen atoms in total. The Bertz CT molecular complexity index is 927. The fraction of sp³-hybridized carbons (Fsp3) is 0.292. The smallest absolute Gasteiger partial charge is 0.241 e. The van der Waals surface area contributed by atoms with Gasteiger partial charge in [0.2, 0.25) is 5.91 Å². The molecule has 2 heterocycles. The molecule has 0 bridgehead atoms. The molecule has 1 aliphatic rings. The molecule has 1 atom stereocenters. The van der Waals surface area contributed by atoms with Crippen molar-refractivity contribution in [3.63, 3.8) is 0 Å². The van der Waals surface area contributed by atoms with Gasteiger partial charge in [-0.25, -0.2) is 0 Å². The SMILES string of the molecule is CC1CCN(C(=O)CN(Cc2ccccc2)Cc2ccco2)c2ccccc2S1. The van der Waals surface area contributed by atoms with Crippen LogP contribution < -0.4 is 4.90 Å². The molecule has 0 saturated heterocycles. The predicted octanol–water partition coefficient (Wildman–Crippen LogP) is 5.20. The van der Waals surface area contributed by atoms with Crippen LogP contribution in [-0.2, 0) is 17.9 Å². The van der Waals surface area contributed by atoms with Crippen molar-refractivity contribution in [3.05, 3.63) is 84.3 Å². The van der Waals surface area contributed by atoms with E-state index in [1.54, 1.807) is 6.26 Å². The zero-order valence-electron chi connectivity index (χ0n) is 16.7. The Hall–Kier alpha value is -2.50. The van der Waals surface area contributed by atoms with E-state index in [0.717, 1.165) is 24.4 Å². The molecule has 5 heteroatoms. The van der Waals surface area contributed by atoms with Gasteiger partial charge >= 0.3 is 0 Å². The zero-order valence-corrected chi connectivity index (χ0v) is 17.5. The molecule has 150 valence electrons. The van der Waals surface area contributed by atoms with Crippen LogP contribution in [0.5, 0.6) is 0 Å². The lowest BCUT2D eigenvalue weighted by atomic mass is 10.2. The Labute approximate surface area is 176 Å². The van der Waals surface area contributed by atoms with Gasteiger partial charge in [0.25, 0.3) is 0 Å². The number of amides is 1. The zero-order chi connectivity index (χ0) is 20.1. The Morgan fingerprint density at radius 2 is 1.86 bits per heavy atom. The molecule has 0 fully saturated rings. The van der Waals surface area contributed by atoms with Gasteiger partial charge < -0.3 is 9.32 Å². The lowest BCUT2D eigenvalue weighted by molar-refractivity contribution is -0.120. The van der Waals surface area contributed by atoms with Crippen molar-refractivity contribution in [1.29, 1.82) is 0 Å². The molecule has 2 aromatic carbocycles. The molecule has 0 aliphatic carbocycles. The number of benzene rings is 2. The van der Waals surface area contributed by atoms with Crippen LogP contribution in [0.15, 0.2) is 82.3 Å². The number of thioether (sulfide) groups is 1. The van der Waals surface area contributed by atoms with E-state index in [2.05, 4.69) is 36.1 Å². The lowest BCUT2D eigenvalue weighted by Crippen LogP contribution is -2.40. The Balaban J connectivity index is 1.54. The largest absolute Gasteiger partial charge is 0.468 e. The van der Waals surface area contributed by atoms with Crippen molar-refractivity contribution in [2.75, 3.05) is 18.0 Å². The minimum atomic E-state index is 0.134. The molecular formula is C24H26N2O2S. The topological polar surface area (TPSA) is 36.7 Å². The first-order valence-electron chi connectivity index (χ1n) is 10.0. The summed E-state index contributed by atoms with van der Waals surface area (Å²) < 4.78 is 5.55. The number of carbonyl (C=O) groups is 1. The van der Waals surface area contributed by atoms with Gasteiger partial charge in [0.05, 0.1) is 25.0 Å². The summed E-state index contributed by atoms with van der Waals surface area (Å²) >= 11 is 1.86. The van der Waals surface area contributed by atoms with Crippen LogP contribution in [0.25, 0.3) is 0 Å². The Kier molecular flexibility index (Phi) is 6.37. The molecule has 1 aromatic heterocycles. The van der Waals surface area contributed by atoms with Gasteiger partial charge in [-0.05, 0) is 36.2 Å². The summed E-state index contributed by atoms with van der Waals surface area (Å²) in [6, 6.07) is 22.4. The van der Waals surface area contributed by atoms with Gasteiger partial charge in [0, 0.05) is 23.2 Å². The maximum absolute atomic E-state index is 13.4. The maximum atomic E-state index is 13.4. The van der Waals surface area contributed by atoms with Gasteiger partial charge in [0.15, 0.2) is 0 Å². The first-order valence-corrected chi connectivity index (χ1v) is 10.9. The van der Waals surface area contributed by atoms with E-state index < -0.39 is 0 Å². The van der Waals surface area contributed by atoms with Crippen LogP contribution in [0.2, 0.25) is 0 Å². The highest BCUT2D eigenvalue weighted by Gasteiger charge is 2.25. The highest BCUT2D eigenvalue weighted by molar-refractivity contribution is 8.00. The number of hydrogen-bond donors (Lipinski definition) is 0. The number of rotatable bonds is 6. The van der Waals surface area contributed by atoms with Crippen molar-refractivity contribution in [2.24, 2.45) is 0 Å². The van der Waals surface area contributed by atoms with E-state index in [9.17, 15) is 4.79 Å². The first-order chi connectivity index (χ1) is 14.2. The average molecular weight is 407 g/mol. The molecule has 3 aromatic rings. The van der Waals surface area contributed by atoms with Gasteiger partial charge in [0.1, 0.15) is 5.76 Å². The lowest BCUT2D eigenvalue weighted by Gasteiger charge is -2.27. The second kappa shape index (κ2) is 9.33. The summed E-state index contributed by atoms with van der Waals surface area (Å²) in [5.74, 6) is 1.00. The van der Waals surface area contributed by atoms with Gasteiger partial charge in [-0.15, -0.1) is 11.8 Å². The molecule has 0 radical (unpaired) electrons. The van der Waals surface area contributed by atoms with E-state index in [1.165, 1.54) is 10.5 Å². The van der Waals surface area contributed by atoms with Crippen LogP contribution in [0.4, 0.5) is 5.69 Å². The summed E-state index contributed by atoms with van der Waals surface area (Å²) in [7, 11) is 0. The van der Waals surface area contributed by atoms with Crippen molar-refractivity contribution >= 4 is 23.4 Å². The van der Waals surface area contributed by atoms with Crippen molar-refractivity contribution in [2.45, 2.75) is 36.6 Å². The van der Waals surface area contributed by atoms with Crippen LogP contribution in [0, 0.1) is 0 Å². The van der Waals surface area contributed by atoms with Crippen LogP contribution >= 0.6 is 11.8 Å². The Morgan fingerprint density at radius 3 is 2.66 bits per heavy atom. The number of anilines is 1. The van der Waals surface area contributed by atoms with Crippen LogP contribution in [-0.4, -0.2) is 29.1 Å². The normalized spacial score (nSPS) is 16.5. The molecule has 4 rings (SSSR count). The third kappa shape index (κ3) is 5.11. The van der Waals surface area contributed by atoms with Gasteiger partial charge in [-0.1, -0.05) is 49.4 Å². The fourth-order valence-corrected chi connectivity index (χ4v) is 4.77. The third-order valence-electron chi connectivity index (χ3n) is 5.11. The second-order valence-electron chi connectivity index (χ2n) is 7.44. The summed E-state index contributed by atoms with van der Waals surface area (Å²) in [4.78, 5) is 18.7. The standard InChI is InChI=1S/C24H26N2O2S/c1-19-13-14-26(22-11-5-6-12-23(22)29-19)24(27)18-25(17-21-10-7-15-28-21)16-20-8-3-2-4-9-20/h2-12,15,19H,13-14,16-18H2,1H3. The van der Waals surface area contributed by atoms with Gasteiger partial charge in [-0.2, -0.15) is 0 Å². The average Bonchev–Trinajstić information content (AvgIpc) is 3.16.